The molecule has 0 aromatic heterocycles. The molecule has 21 heavy (non-hydrogen) atoms. The topological polar surface area (TPSA) is 46.2 Å². The summed E-state index contributed by atoms with van der Waals surface area (Å²) < 4.78 is 25.2. The molecule has 3 nitrogen and oxygen atoms in total. The van der Waals surface area contributed by atoms with Gasteiger partial charge in [-0.1, -0.05) is 37.1 Å². The van der Waals surface area contributed by atoms with Crippen molar-refractivity contribution in [2.75, 3.05) is 6.54 Å². The summed E-state index contributed by atoms with van der Waals surface area (Å²) in [4.78, 5) is 0. The normalized spacial score (nSPS) is 23.1. The first-order valence-corrected chi connectivity index (χ1v) is 9.80. The molecule has 1 aromatic rings. The summed E-state index contributed by atoms with van der Waals surface area (Å²) in [5.74, 6) is 0.120. The molecule has 1 aliphatic carbocycles. The van der Waals surface area contributed by atoms with Crippen molar-refractivity contribution >= 4 is 21.4 Å². The Hall–Kier alpha value is -0.580. The molecule has 0 radical (unpaired) electrons. The average Bonchev–Trinajstić information content (AvgIpc) is 2.48. The van der Waals surface area contributed by atoms with Gasteiger partial charge in [-0.2, -0.15) is 0 Å². The first kappa shape index (κ1) is 16.8. The lowest BCUT2D eigenvalue weighted by Gasteiger charge is -2.29. The van der Waals surface area contributed by atoms with Crippen LogP contribution in [0.25, 0.3) is 0 Å². The second-order valence-electron chi connectivity index (χ2n) is 5.87. The zero-order valence-corrected chi connectivity index (χ0v) is 14.1. The summed E-state index contributed by atoms with van der Waals surface area (Å²) in [6, 6.07) is 7.45. The van der Waals surface area contributed by atoms with Crippen LogP contribution in [0.3, 0.4) is 0 Å². The zero-order chi connectivity index (χ0) is 15.3. The highest BCUT2D eigenvalue weighted by Crippen LogP contribution is 2.27. The van der Waals surface area contributed by atoms with Crippen molar-refractivity contribution in [1.29, 1.82) is 0 Å². The third-order valence-corrected chi connectivity index (χ3v) is 6.53. The van der Waals surface area contributed by atoms with Crippen LogP contribution >= 0.6 is 11.6 Å². The van der Waals surface area contributed by atoms with Gasteiger partial charge in [0.25, 0.3) is 0 Å². The second kappa shape index (κ2) is 7.61. The van der Waals surface area contributed by atoms with Crippen LogP contribution in [0.15, 0.2) is 24.3 Å². The minimum absolute atomic E-state index is 0.120. The molecule has 1 aliphatic rings. The molecular weight excluding hydrogens is 306 g/mol. The van der Waals surface area contributed by atoms with Crippen molar-refractivity contribution in [3.05, 3.63) is 34.9 Å². The summed E-state index contributed by atoms with van der Waals surface area (Å²) in [5.41, 5.74) is 0.822. The molecule has 1 saturated carbocycles. The second-order valence-corrected chi connectivity index (χ2v) is 8.59. The number of sulfone groups is 1. The lowest BCUT2D eigenvalue weighted by atomic mass is 9.95. The molecule has 0 saturated heterocycles. The fraction of sp³-hybridized carbons (Fsp3) is 0.625. The maximum Gasteiger partial charge on any atom is 0.157 e. The number of benzene rings is 1. The van der Waals surface area contributed by atoms with E-state index in [0.29, 0.717) is 11.1 Å². The van der Waals surface area contributed by atoms with E-state index < -0.39 is 9.84 Å². The molecule has 2 atom stereocenters. The molecule has 0 spiro atoms. The van der Waals surface area contributed by atoms with E-state index in [2.05, 4.69) is 12.2 Å². The molecule has 2 unspecified atom stereocenters. The van der Waals surface area contributed by atoms with Gasteiger partial charge in [-0.05, 0) is 49.9 Å². The van der Waals surface area contributed by atoms with Crippen LogP contribution in [0, 0.1) is 0 Å². The summed E-state index contributed by atoms with van der Waals surface area (Å²) in [6.07, 6.45) is 4.70. The largest absolute Gasteiger partial charge is 0.314 e. The van der Waals surface area contributed by atoms with Crippen LogP contribution < -0.4 is 5.32 Å². The van der Waals surface area contributed by atoms with Crippen LogP contribution in [0.1, 0.15) is 44.6 Å². The van der Waals surface area contributed by atoms with Crippen LogP contribution in [0.2, 0.25) is 5.02 Å². The highest BCUT2D eigenvalue weighted by molar-refractivity contribution is 7.91. The van der Waals surface area contributed by atoms with Gasteiger partial charge >= 0.3 is 0 Å². The highest BCUT2D eigenvalue weighted by atomic mass is 35.5. The van der Waals surface area contributed by atoms with E-state index in [9.17, 15) is 8.42 Å². The first-order chi connectivity index (χ1) is 10.0. The highest BCUT2D eigenvalue weighted by Gasteiger charge is 2.31. The number of halogens is 1. The van der Waals surface area contributed by atoms with Crippen molar-refractivity contribution in [1.82, 2.24) is 5.32 Å². The SMILES string of the molecule is CCCNC1CCCC(S(=O)(=O)Cc2ccc(Cl)cc2)C1. The minimum atomic E-state index is -3.09. The lowest BCUT2D eigenvalue weighted by molar-refractivity contribution is 0.372. The van der Waals surface area contributed by atoms with Gasteiger partial charge in [-0.3, -0.25) is 0 Å². The first-order valence-electron chi connectivity index (χ1n) is 7.70. The molecule has 0 bridgehead atoms. The van der Waals surface area contributed by atoms with E-state index in [-0.39, 0.29) is 11.0 Å². The molecule has 1 N–H and O–H groups in total. The smallest absolute Gasteiger partial charge is 0.157 e. The Balaban J connectivity index is 1.99. The van der Waals surface area contributed by atoms with Gasteiger partial charge < -0.3 is 5.32 Å². The van der Waals surface area contributed by atoms with Crippen LogP contribution in [0.4, 0.5) is 0 Å². The minimum Gasteiger partial charge on any atom is -0.314 e. The fourth-order valence-corrected chi connectivity index (χ4v) is 5.01. The van der Waals surface area contributed by atoms with E-state index in [1.807, 2.05) is 0 Å². The lowest BCUT2D eigenvalue weighted by Crippen LogP contribution is -2.39. The third kappa shape index (κ3) is 4.97. The van der Waals surface area contributed by atoms with Crippen LogP contribution in [0.5, 0.6) is 0 Å². The Bertz CT molecular complexity index is 542. The molecule has 5 heteroatoms. The maximum absolute atomic E-state index is 12.6. The van der Waals surface area contributed by atoms with Gasteiger partial charge in [0.15, 0.2) is 9.84 Å². The average molecular weight is 330 g/mol. The molecular formula is C16H24ClNO2S. The van der Waals surface area contributed by atoms with Crippen molar-refractivity contribution < 1.29 is 8.42 Å². The predicted octanol–water partition coefficient (Wildman–Crippen LogP) is 3.57. The summed E-state index contributed by atoms with van der Waals surface area (Å²) in [7, 11) is -3.09. The molecule has 0 aliphatic heterocycles. The van der Waals surface area contributed by atoms with Gasteiger partial charge in [0, 0.05) is 11.1 Å². The Morgan fingerprint density at radius 1 is 1.24 bits per heavy atom. The third-order valence-electron chi connectivity index (χ3n) is 4.10. The van der Waals surface area contributed by atoms with E-state index >= 15 is 0 Å². The predicted molar refractivity (Wildman–Crippen MR) is 88.4 cm³/mol. The van der Waals surface area contributed by atoms with Gasteiger partial charge in [0.1, 0.15) is 0 Å². The Kier molecular flexibility index (Phi) is 6.08. The van der Waals surface area contributed by atoms with Crippen molar-refractivity contribution in [2.45, 2.75) is 56.1 Å². The maximum atomic E-state index is 12.6. The molecule has 118 valence electrons. The van der Waals surface area contributed by atoms with Crippen LogP contribution in [-0.2, 0) is 15.6 Å². The van der Waals surface area contributed by atoms with Crippen LogP contribution in [-0.4, -0.2) is 26.3 Å². The molecule has 0 amide bonds. The number of hydrogen-bond donors (Lipinski definition) is 1. The number of hydrogen-bond acceptors (Lipinski definition) is 3. The van der Waals surface area contributed by atoms with E-state index in [0.717, 1.165) is 44.2 Å². The van der Waals surface area contributed by atoms with Crippen molar-refractivity contribution in [2.24, 2.45) is 0 Å². The van der Waals surface area contributed by atoms with Crippen molar-refractivity contribution in [3.63, 3.8) is 0 Å². The summed E-state index contributed by atoms with van der Waals surface area (Å²) in [6.45, 7) is 3.10. The fourth-order valence-electron chi connectivity index (χ4n) is 2.94. The quantitative estimate of drug-likeness (QED) is 0.868. The molecule has 0 heterocycles. The summed E-state index contributed by atoms with van der Waals surface area (Å²) >= 11 is 5.84. The van der Waals surface area contributed by atoms with Gasteiger partial charge in [-0.15, -0.1) is 0 Å². The monoisotopic (exact) mass is 329 g/mol. The molecule has 1 aromatic carbocycles. The number of rotatable bonds is 6. The van der Waals surface area contributed by atoms with Gasteiger partial charge in [-0.25, -0.2) is 8.42 Å². The Morgan fingerprint density at radius 3 is 2.62 bits per heavy atom. The zero-order valence-electron chi connectivity index (χ0n) is 12.5. The van der Waals surface area contributed by atoms with Crippen molar-refractivity contribution in [3.8, 4) is 0 Å². The Labute approximate surface area is 133 Å². The van der Waals surface area contributed by atoms with E-state index in [1.54, 1.807) is 24.3 Å². The van der Waals surface area contributed by atoms with Gasteiger partial charge in [0.2, 0.25) is 0 Å². The Morgan fingerprint density at radius 2 is 1.95 bits per heavy atom. The molecule has 1 fully saturated rings. The number of nitrogens with one attached hydrogen (secondary N) is 1. The molecule has 2 rings (SSSR count). The van der Waals surface area contributed by atoms with Gasteiger partial charge in [0.05, 0.1) is 11.0 Å². The summed E-state index contributed by atoms with van der Waals surface area (Å²) in [5, 5.41) is 3.89. The van der Waals surface area contributed by atoms with E-state index in [1.165, 1.54) is 0 Å². The van der Waals surface area contributed by atoms with E-state index in [4.69, 9.17) is 11.6 Å². The standard InChI is InChI=1S/C16H24ClNO2S/c1-2-10-18-15-4-3-5-16(11-15)21(19,20)12-13-6-8-14(17)9-7-13/h6-9,15-16,18H,2-5,10-12H2,1H3.